The number of alkyl carbamates (subject to hydrolysis) is 1. The average Bonchev–Trinajstić information content (AvgIpc) is 3.24. The largest absolute Gasteiger partial charge is 0.454 e. The van der Waals surface area contributed by atoms with Crippen LogP contribution in [0.2, 0.25) is 0 Å². The van der Waals surface area contributed by atoms with E-state index in [0.717, 1.165) is 47.0 Å². The minimum atomic E-state index is -3.59. The van der Waals surface area contributed by atoms with Crippen LogP contribution in [0.15, 0.2) is 146 Å². The molecule has 0 aliphatic heterocycles. The maximum atomic E-state index is 15.7. The lowest BCUT2D eigenvalue weighted by atomic mass is 9.98. The number of aromatic nitrogens is 2. The van der Waals surface area contributed by atoms with Crippen molar-refractivity contribution in [3.63, 3.8) is 0 Å². The Labute approximate surface area is 330 Å². The van der Waals surface area contributed by atoms with Gasteiger partial charge in [0.1, 0.15) is 12.6 Å². The third kappa shape index (κ3) is 10.5. The Balaban J connectivity index is 1.05. The van der Waals surface area contributed by atoms with Gasteiger partial charge in [-0.15, -0.1) is 0 Å². The van der Waals surface area contributed by atoms with Gasteiger partial charge < -0.3 is 20.1 Å². The Hall–Kier alpha value is -6.75. The Morgan fingerprint density at radius 2 is 1.33 bits per heavy atom. The van der Waals surface area contributed by atoms with Crippen LogP contribution in [0.4, 0.5) is 19.3 Å². The molecule has 5 aromatic carbocycles. The van der Waals surface area contributed by atoms with Crippen LogP contribution < -0.4 is 10.6 Å². The van der Waals surface area contributed by atoms with E-state index < -0.39 is 35.7 Å². The van der Waals surface area contributed by atoms with E-state index in [-0.39, 0.29) is 25.4 Å². The molecule has 6 rings (SSSR count). The third-order valence-electron chi connectivity index (χ3n) is 9.37. The summed E-state index contributed by atoms with van der Waals surface area (Å²) in [6.45, 7) is 3.14. The number of nitrogens with zero attached hydrogens (tertiary/aromatic N) is 2. The number of carbonyl (C=O) groups excluding carboxylic acids is 3. The van der Waals surface area contributed by atoms with Crippen LogP contribution in [0.5, 0.6) is 0 Å². The zero-order valence-corrected chi connectivity index (χ0v) is 31.5. The number of halogens is 2. The summed E-state index contributed by atoms with van der Waals surface area (Å²) >= 11 is 0. The van der Waals surface area contributed by atoms with Crippen molar-refractivity contribution in [1.29, 1.82) is 0 Å². The van der Waals surface area contributed by atoms with Crippen LogP contribution in [0.1, 0.15) is 41.7 Å². The quantitative estimate of drug-likeness (QED) is 0.100. The molecule has 2 unspecified atom stereocenters. The standard InChI is InChI=1S/C46H42F2N4O5/c1-3-35-16-10-11-17-39(35)43-42(49-26-27-50-43)36-20-24-38(25-21-36)51-41(53)29-33-18-22-37(23-19-33)46(47,48)31(2)57-44(54)40(28-32-12-6-4-7-13-32)52-45(55)56-30-34-14-8-5-9-15-34/h4-27,31,40H,3,28-30H2,1-2H3,(H,51,53)(H,52,55). The van der Waals surface area contributed by atoms with Crippen molar-refractivity contribution in [2.75, 3.05) is 5.32 Å². The van der Waals surface area contributed by atoms with E-state index >= 15 is 8.78 Å². The highest BCUT2D eigenvalue weighted by molar-refractivity contribution is 5.92. The maximum absolute atomic E-state index is 15.7. The minimum Gasteiger partial charge on any atom is -0.454 e. The summed E-state index contributed by atoms with van der Waals surface area (Å²) in [4.78, 5) is 48.1. The summed E-state index contributed by atoms with van der Waals surface area (Å²) in [7, 11) is 0. The summed E-state index contributed by atoms with van der Waals surface area (Å²) in [5.41, 5.74) is 6.60. The van der Waals surface area contributed by atoms with Gasteiger partial charge in [0.25, 0.3) is 0 Å². The van der Waals surface area contributed by atoms with Crippen LogP contribution in [0.3, 0.4) is 0 Å². The molecule has 1 aromatic heterocycles. The number of ether oxygens (including phenoxy) is 2. The molecule has 57 heavy (non-hydrogen) atoms. The molecule has 290 valence electrons. The molecule has 0 saturated carbocycles. The normalized spacial score (nSPS) is 12.2. The predicted molar refractivity (Wildman–Crippen MR) is 214 cm³/mol. The molecule has 0 radical (unpaired) electrons. The van der Waals surface area contributed by atoms with E-state index in [1.165, 1.54) is 24.3 Å². The fourth-order valence-corrected chi connectivity index (χ4v) is 6.27. The van der Waals surface area contributed by atoms with Crippen molar-refractivity contribution in [1.82, 2.24) is 15.3 Å². The number of hydrogen-bond acceptors (Lipinski definition) is 7. The van der Waals surface area contributed by atoms with Gasteiger partial charge in [-0.1, -0.05) is 128 Å². The number of benzene rings is 5. The lowest BCUT2D eigenvalue weighted by molar-refractivity contribution is -0.175. The van der Waals surface area contributed by atoms with E-state index in [1.807, 2.05) is 36.4 Å². The number of esters is 1. The summed E-state index contributed by atoms with van der Waals surface area (Å²) in [6.07, 6.45) is 1.32. The van der Waals surface area contributed by atoms with Gasteiger partial charge in [-0.25, -0.2) is 9.59 Å². The number of nitrogens with one attached hydrogen (secondary N) is 2. The molecule has 0 bridgehead atoms. The van der Waals surface area contributed by atoms with Gasteiger partial charge in [-0.05, 0) is 47.7 Å². The third-order valence-corrected chi connectivity index (χ3v) is 9.37. The van der Waals surface area contributed by atoms with Gasteiger partial charge >= 0.3 is 18.0 Å². The lowest BCUT2D eigenvalue weighted by Crippen LogP contribution is -2.46. The van der Waals surface area contributed by atoms with E-state index in [2.05, 4.69) is 33.6 Å². The number of amides is 2. The van der Waals surface area contributed by atoms with Crippen LogP contribution >= 0.6 is 0 Å². The Morgan fingerprint density at radius 3 is 2.00 bits per heavy atom. The van der Waals surface area contributed by atoms with Gasteiger partial charge in [0, 0.05) is 41.2 Å². The van der Waals surface area contributed by atoms with Crippen LogP contribution in [-0.2, 0) is 50.9 Å². The first-order valence-electron chi connectivity index (χ1n) is 18.6. The summed E-state index contributed by atoms with van der Waals surface area (Å²) in [5, 5.41) is 5.33. The van der Waals surface area contributed by atoms with Gasteiger partial charge in [0.2, 0.25) is 5.91 Å². The SMILES string of the molecule is CCc1ccccc1-c1nccnc1-c1ccc(NC(=O)Cc2ccc(C(F)(F)C(C)OC(=O)C(Cc3ccccc3)NC(=O)OCc3ccccc3)cc2)cc1. The zero-order chi connectivity index (χ0) is 40.2. The molecule has 2 amide bonds. The van der Waals surface area contributed by atoms with Crippen LogP contribution in [0, 0.1) is 0 Å². The number of aryl methyl sites for hydroxylation is 1. The van der Waals surface area contributed by atoms with Gasteiger partial charge in [0.05, 0.1) is 17.8 Å². The van der Waals surface area contributed by atoms with E-state index in [4.69, 9.17) is 9.47 Å². The van der Waals surface area contributed by atoms with E-state index in [9.17, 15) is 14.4 Å². The number of anilines is 1. The van der Waals surface area contributed by atoms with Gasteiger partial charge in [0.15, 0.2) is 6.10 Å². The van der Waals surface area contributed by atoms with Crippen molar-refractivity contribution in [3.8, 4) is 22.5 Å². The van der Waals surface area contributed by atoms with Crippen LogP contribution in [0.25, 0.3) is 22.5 Å². The van der Waals surface area contributed by atoms with Crippen LogP contribution in [-0.4, -0.2) is 40.1 Å². The topological polar surface area (TPSA) is 120 Å². The van der Waals surface area contributed by atoms with Crippen molar-refractivity contribution in [2.45, 2.75) is 57.8 Å². The molecule has 11 heteroatoms. The monoisotopic (exact) mass is 768 g/mol. The average molecular weight is 769 g/mol. The predicted octanol–water partition coefficient (Wildman–Crippen LogP) is 9.12. The highest BCUT2D eigenvalue weighted by Crippen LogP contribution is 2.34. The lowest BCUT2D eigenvalue weighted by Gasteiger charge is -2.26. The minimum absolute atomic E-state index is 0.00395. The Morgan fingerprint density at radius 1 is 0.719 bits per heavy atom. The summed E-state index contributed by atoms with van der Waals surface area (Å²) in [6, 6.07) is 37.1. The molecule has 0 saturated heterocycles. The molecule has 1 heterocycles. The first kappa shape index (κ1) is 39.9. The Bertz CT molecular complexity index is 2270. The second kappa shape index (κ2) is 18.7. The molecular weight excluding hydrogens is 727 g/mol. The van der Waals surface area contributed by atoms with Crippen molar-refractivity contribution < 1.29 is 32.6 Å². The number of alkyl halides is 2. The number of hydrogen-bond donors (Lipinski definition) is 2. The van der Waals surface area contributed by atoms with Gasteiger partial charge in [-0.2, -0.15) is 8.78 Å². The highest BCUT2D eigenvalue weighted by atomic mass is 19.3. The molecule has 0 aliphatic rings. The highest BCUT2D eigenvalue weighted by Gasteiger charge is 2.42. The molecule has 0 spiro atoms. The molecule has 0 fully saturated rings. The molecule has 9 nitrogen and oxygen atoms in total. The molecule has 2 N–H and O–H groups in total. The van der Waals surface area contributed by atoms with E-state index in [1.54, 1.807) is 79.1 Å². The Kier molecular flexibility index (Phi) is 13.1. The second-order valence-corrected chi connectivity index (χ2v) is 13.4. The molecular formula is C46H42F2N4O5. The molecule has 6 aromatic rings. The second-order valence-electron chi connectivity index (χ2n) is 13.4. The number of rotatable bonds is 15. The maximum Gasteiger partial charge on any atom is 0.408 e. The summed E-state index contributed by atoms with van der Waals surface area (Å²) in [5.74, 6) is -4.96. The fraction of sp³-hybridized carbons (Fsp3) is 0.196. The smallest absolute Gasteiger partial charge is 0.408 e. The first-order valence-corrected chi connectivity index (χ1v) is 18.6. The van der Waals surface area contributed by atoms with E-state index in [0.29, 0.717) is 16.8 Å². The molecule has 2 atom stereocenters. The summed E-state index contributed by atoms with van der Waals surface area (Å²) < 4.78 is 41.9. The van der Waals surface area contributed by atoms with Crippen molar-refractivity contribution >= 4 is 23.7 Å². The van der Waals surface area contributed by atoms with Crippen molar-refractivity contribution in [2.24, 2.45) is 0 Å². The fourth-order valence-electron chi connectivity index (χ4n) is 6.27. The zero-order valence-electron chi connectivity index (χ0n) is 31.5. The molecule has 0 aliphatic carbocycles. The van der Waals surface area contributed by atoms with Gasteiger partial charge in [-0.3, -0.25) is 14.8 Å². The first-order chi connectivity index (χ1) is 27.6. The number of carbonyl (C=O) groups is 3. The van der Waals surface area contributed by atoms with Crippen molar-refractivity contribution in [3.05, 3.63) is 174 Å².